The molecule has 0 aromatic heterocycles. The number of likely N-dealkylation sites (N-methyl/N-ethyl adjacent to an activating group) is 1. The van der Waals surface area contributed by atoms with E-state index >= 15 is 0 Å². The van der Waals surface area contributed by atoms with Crippen LogP contribution >= 0.6 is 0 Å². The Kier molecular flexibility index (Phi) is 9.80. The van der Waals surface area contributed by atoms with Crippen LogP contribution in [0.4, 0.5) is 0 Å². The highest BCUT2D eigenvalue weighted by Gasteiger charge is 2.09. The second kappa shape index (κ2) is 9.41. The first-order chi connectivity index (χ1) is 8.07. The molecule has 0 spiro atoms. The van der Waals surface area contributed by atoms with Crippen molar-refractivity contribution in [2.45, 2.75) is 26.9 Å². The van der Waals surface area contributed by atoms with Crippen LogP contribution in [0.2, 0.25) is 0 Å². The van der Waals surface area contributed by atoms with E-state index in [1.807, 2.05) is 25.9 Å². The van der Waals surface area contributed by atoms with Gasteiger partial charge in [0.05, 0.1) is 0 Å². The number of aliphatic carboxylic acids is 1. The zero-order valence-corrected chi connectivity index (χ0v) is 11.8. The normalized spacial score (nSPS) is 11.0. The topological polar surface area (TPSA) is 66.8 Å². The Balaban J connectivity index is 0. The zero-order chi connectivity index (χ0) is 14.9. The Hall–Kier alpha value is -1.62. The van der Waals surface area contributed by atoms with E-state index in [9.17, 15) is 9.59 Å². The molecule has 0 saturated heterocycles. The minimum atomic E-state index is -0.935. The minimum absolute atomic E-state index is 0.0794. The summed E-state index contributed by atoms with van der Waals surface area (Å²) >= 11 is 0. The molecule has 0 heterocycles. The molecule has 0 saturated carbocycles. The molecule has 5 nitrogen and oxygen atoms in total. The van der Waals surface area contributed by atoms with Gasteiger partial charge in [-0.15, -0.1) is 0 Å². The largest absolute Gasteiger partial charge is 0.478 e. The molecule has 1 unspecified atom stereocenters. The summed E-state index contributed by atoms with van der Waals surface area (Å²) in [5.74, 6) is -1.25. The summed E-state index contributed by atoms with van der Waals surface area (Å²) in [4.78, 5) is 22.6. The second-order valence-corrected chi connectivity index (χ2v) is 4.34. The highest BCUT2D eigenvalue weighted by Crippen LogP contribution is 1.98. The average molecular weight is 257 g/mol. The van der Waals surface area contributed by atoms with Crippen molar-refractivity contribution in [3.8, 4) is 0 Å². The molecule has 0 aliphatic carbocycles. The number of hydrogen-bond donors (Lipinski definition) is 1. The average Bonchev–Trinajstić information content (AvgIpc) is 2.16. The Morgan fingerprint density at radius 3 is 1.83 bits per heavy atom. The predicted octanol–water partition coefficient (Wildman–Crippen LogP) is 1.70. The number of ether oxygens (including phenoxy) is 1. The maximum Gasteiger partial charge on any atom is 0.333 e. The lowest BCUT2D eigenvalue weighted by atomic mass is 10.3. The van der Waals surface area contributed by atoms with Crippen molar-refractivity contribution in [3.63, 3.8) is 0 Å². The van der Waals surface area contributed by atoms with Gasteiger partial charge in [-0.1, -0.05) is 13.2 Å². The third-order valence-electron chi connectivity index (χ3n) is 1.64. The summed E-state index contributed by atoms with van der Waals surface area (Å²) < 4.78 is 5.04. The first-order valence-electron chi connectivity index (χ1n) is 5.48. The molecule has 1 N–H and O–H groups in total. The molecular weight excluding hydrogens is 234 g/mol. The maximum absolute atomic E-state index is 11.0. The van der Waals surface area contributed by atoms with Gasteiger partial charge in [0.25, 0.3) is 0 Å². The van der Waals surface area contributed by atoms with E-state index in [2.05, 4.69) is 13.2 Å². The van der Waals surface area contributed by atoms with Gasteiger partial charge in [0.1, 0.15) is 6.10 Å². The first kappa shape index (κ1) is 18.7. The van der Waals surface area contributed by atoms with Gasteiger partial charge >= 0.3 is 11.9 Å². The Morgan fingerprint density at radius 1 is 1.22 bits per heavy atom. The van der Waals surface area contributed by atoms with E-state index in [0.29, 0.717) is 5.57 Å². The van der Waals surface area contributed by atoms with Crippen molar-refractivity contribution in [2.24, 2.45) is 0 Å². The highest BCUT2D eigenvalue weighted by atomic mass is 16.5. The maximum atomic E-state index is 11.0. The van der Waals surface area contributed by atoms with E-state index in [0.717, 1.165) is 6.54 Å². The van der Waals surface area contributed by atoms with Gasteiger partial charge in [-0.2, -0.15) is 0 Å². The Morgan fingerprint density at radius 2 is 1.61 bits per heavy atom. The predicted molar refractivity (Wildman–Crippen MR) is 71.4 cm³/mol. The van der Waals surface area contributed by atoms with Crippen LogP contribution in [0.25, 0.3) is 0 Å². The van der Waals surface area contributed by atoms with Crippen LogP contribution in [0.1, 0.15) is 20.8 Å². The Labute approximate surface area is 109 Å². The summed E-state index contributed by atoms with van der Waals surface area (Å²) in [5.41, 5.74) is 0.621. The molecule has 0 aromatic carbocycles. The monoisotopic (exact) mass is 257 g/mol. The van der Waals surface area contributed by atoms with Gasteiger partial charge in [-0.3, -0.25) is 0 Å². The molecule has 0 aliphatic rings. The fourth-order valence-electron chi connectivity index (χ4n) is 0.835. The number of hydrogen-bond acceptors (Lipinski definition) is 4. The third kappa shape index (κ3) is 12.4. The van der Waals surface area contributed by atoms with Gasteiger partial charge in [0, 0.05) is 17.7 Å². The lowest BCUT2D eigenvalue weighted by Crippen LogP contribution is -2.28. The number of esters is 1. The van der Waals surface area contributed by atoms with Crippen LogP contribution in [0.15, 0.2) is 24.3 Å². The van der Waals surface area contributed by atoms with Crippen LogP contribution in [-0.4, -0.2) is 48.7 Å². The van der Waals surface area contributed by atoms with Crippen molar-refractivity contribution < 1.29 is 19.4 Å². The number of nitrogens with zero attached hydrogens (tertiary/aromatic N) is 1. The summed E-state index contributed by atoms with van der Waals surface area (Å²) in [6, 6.07) is 0. The molecule has 5 heteroatoms. The van der Waals surface area contributed by atoms with Gasteiger partial charge < -0.3 is 14.7 Å². The summed E-state index contributed by atoms with van der Waals surface area (Å²) in [5, 5.41) is 7.89. The molecule has 0 amide bonds. The zero-order valence-electron chi connectivity index (χ0n) is 11.8. The van der Waals surface area contributed by atoms with E-state index in [1.165, 1.54) is 6.92 Å². The molecule has 104 valence electrons. The van der Waals surface area contributed by atoms with Crippen molar-refractivity contribution >= 4 is 11.9 Å². The Bertz CT molecular complexity index is 309. The lowest BCUT2D eigenvalue weighted by Gasteiger charge is -2.17. The number of carboxylic acids is 1. The van der Waals surface area contributed by atoms with Crippen molar-refractivity contribution in [1.82, 2.24) is 4.90 Å². The lowest BCUT2D eigenvalue weighted by molar-refractivity contribution is -0.143. The van der Waals surface area contributed by atoms with Gasteiger partial charge in [-0.25, -0.2) is 9.59 Å². The smallest absolute Gasteiger partial charge is 0.333 e. The number of rotatable bonds is 5. The van der Waals surface area contributed by atoms with Crippen LogP contribution in [-0.2, 0) is 14.3 Å². The molecule has 0 rings (SSSR count). The second-order valence-electron chi connectivity index (χ2n) is 4.34. The molecule has 0 aliphatic heterocycles. The highest BCUT2D eigenvalue weighted by molar-refractivity contribution is 5.87. The molecule has 18 heavy (non-hydrogen) atoms. The fraction of sp³-hybridized carbons (Fsp3) is 0.538. The molecule has 0 radical (unpaired) electrons. The van der Waals surface area contributed by atoms with E-state index in [4.69, 9.17) is 9.84 Å². The van der Waals surface area contributed by atoms with E-state index < -0.39 is 5.97 Å². The number of carbonyl (C=O) groups excluding carboxylic acids is 1. The van der Waals surface area contributed by atoms with Crippen LogP contribution in [0, 0.1) is 0 Å². The standard InChI is InChI=1S/C9H17NO2.C4H6O2/c1-7(2)9(11)12-8(3)6-10(4)5;1-3(2)4(5)6/h8H,1,6H2,2-5H3;1H2,2H3,(H,5,6). The van der Waals surface area contributed by atoms with Crippen molar-refractivity contribution in [1.29, 1.82) is 0 Å². The molecular formula is C13H23NO4. The van der Waals surface area contributed by atoms with Crippen LogP contribution in [0.3, 0.4) is 0 Å². The minimum Gasteiger partial charge on any atom is -0.478 e. The number of carboxylic acid groups (broad SMARTS) is 1. The summed E-state index contributed by atoms with van der Waals surface area (Å²) in [7, 11) is 3.87. The van der Waals surface area contributed by atoms with Gasteiger partial charge in [0.15, 0.2) is 0 Å². The molecule has 0 fully saturated rings. The van der Waals surface area contributed by atoms with Gasteiger partial charge in [-0.05, 0) is 34.9 Å². The van der Waals surface area contributed by atoms with E-state index in [-0.39, 0.29) is 17.6 Å². The van der Waals surface area contributed by atoms with Crippen LogP contribution in [0.5, 0.6) is 0 Å². The summed E-state index contributed by atoms with van der Waals surface area (Å²) in [6.45, 7) is 12.3. The van der Waals surface area contributed by atoms with Gasteiger partial charge in [0.2, 0.25) is 0 Å². The molecule has 1 atom stereocenters. The quantitative estimate of drug-likeness (QED) is 0.600. The van der Waals surface area contributed by atoms with Crippen molar-refractivity contribution in [3.05, 3.63) is 24.3 Å². The van der Waals surface area contributed by atoms with Crippen LogP contribution < -0.4 is 0 Å². The van der Waals surface area contributed by atoms with Crippen molar-refractivity contribution in [2.75, 3.05) is 20.6 Å². The SMILES string of the molecule is C=C(C)C(=O)O.C=C(C)C(=O)OC(C)CN(C)C. The number of carbonyl (C=O) groups is 2. The fourth-order valence-corrected chi connectivity index (χ4v) is 0.835. The molecule has 0 bridgehead atoms. The first-order valence-corrected chi connectivity index (χ1v) is 5.48. The summed E-state index contributed by atoms with van der Waals surface area (Å²) in [6.07, 6.45) is -0.0794. The third-order valence-corrected chi connectivity index (χ3v) is 1.64. The van der Waals surface area contributed by atoms with E-state index in [1.54, 1.807) is 6.92 Å². The molecule has 0 aromatic rings.